The minimum absolute atomic E-state index is 0.0468. The maximum atomic E-state index is 12.7. The number of fused-ring (bicyclic) bond motifs is 1. The van der Waals surface area contributed by atoms with Gasteiger partial charge in [0.1, 0.15) is 12.2 Å². The van der Waals surface area contributed by atoms with Gasteiger partial charge in [-0.1, -0.05) is 39.7 Å². The van der Waals surface area contributed by atoms with Gasteiger partial charge in [0.2, 0.25) is 0 Å². The minimum atomic E-state index is -4.32. The Balaban J connectivity index is 1.85. The van der Waals surface area contributed by atoms with Crippen LogP contribution in [0.5, 0.6) is 0 Å². The van der Waals surface area contributed by atoms with Crippen LogP contribution in [-0.2, 0) is 5.41 Å². The molecule has 1 aliphatic rings. The zero-order chi connectivity index (χ0) is 22.8. The van der Waals surface area contributed by atoms with Gasteiger partial charge in [0, 0.05) is 23.5 Å². The Bertz CT molecular complexity index is 938. The van der Waals surface area contributed by atoms with Gasteiger partial charge in [-0.25, -0.2) is 4.98 Å². The van der Waals surface area contributed by atoms with Crippen molar-refractivity contribution in [1.29, 1.82) is 0 Å². The summed E-state index contributed by atoms with van der Waals surface area (Å²) in [5.41, 5.74) is 1.57. The number of carbonyl (C=O) groups excluding carboxylic acids is 1. The Labute approximate surface area is 180 Å². The third-order valence-corrected chi connectivity index (χ3v) is 5.72. The van der Waals surface area contributed by atoms with Crippen LogP contribution in [0.2, 0.25) is 0 Å². The second-order valence-electron chi connectivity index (χ2n) is 9.33. The summed E-state index contributed by atoms with van der Waals surface area (Å²) in [6.07, 6.45) is -1.02. The number of rotatable bonds is 5. The summed E-state index contributed by atoms with van der Waals surface area (Å²) in [5, 5.41) is 16.1. The summed E-state index contributed by atoms with van der Waals surface area (Å²) in [7, 11) is 0. The first kappa shape index (κ1) is 23.3. The van der Waals surface area contributed by atoms with E-state index in [-0.39, 0.29) is 22.9 Å². The van der Waals surface area contributed by atoms with Gasteiger partial charge in [-0.3, -0.25) is 4.79 Å². The van der Waals surface area contributed by atoms with E-state index in [0.29, 0.717) is 23.1 Å². The Morgan fingerprint density at radius 2 is 1.87 bits per heavy atom. The van der Waals surface area contributed by atoms with E-state index in [0.717, 1.165) is 31.2 Å². The molecule has 8 heteroatoms. The molecule has 1 aromatic heterocycles. The second kappa shape index (κ2) is 9.02. The number of amides is 1. The average molecular weight is 438 g/mol. The minimum Gasteiger partial charge on any atom is -0.393 e. The zero-order valence-electron chi connectivity index (χ0n) is 18.1. The van der Waals surface area contributed by atoms with E-state index in [2.05, 4.69) is 15.6 Å². The highest BCUT2D eigenvalue weighted by Gasteiger charge is 2.28. The summed E-state index contributed by atoms with van der Waals surface area (Å²) in [5.74, 6) is -0.274. The topological polar surface area (TPSA) is 74.2 Å². The monoisotopic (exact) mass is 437 g/mol. The molecule has 1 heterocycles. The molecule has 0 spiro atoms. The summed E-state index contributed by atoms with van der Waals surface area (Å²) < 4.78 is 37.9. The molecule has 0 radical (unpaired) electrons. The lowest BCUT2D eigenvalue weighted by molar-refractivity contribution is -0.115. The van der Waals surface area contributed by atoms with E-state index in [4.69, 9.17) is 0 Å². The average Bonchev–Trinajstić information content (AvgIpc) is 2.69. The number of aliphatic hydroxyl groups excluding tert-OH is 1. The van der Waals surface area contributed by atoms with Crippen molar-refractivity contribution < 1.29 is 23.1 Å². The fourth-order valence-corrected chi connectivity index (χ4v) is 3.98. The molecule has 1 saturated carbocycles. The molecular formula is C23H30F3N3O2. The molecule has 0 aliphatic heterocycles. The molecule has 2 aromatic rings. The molecule has 5 nitrogen and oxygen atoms in total. The molecule has 3 rings (SSSR count). The van der Waals surface area contributed by atoms with Gasteiger partial charge in [-0.2, -0.15) is 13.2 Å². The number of anilines is 1. The van der Waals surface area contributed by atoms with Crippen LogP contribution in [0.15, 0.2) is 24.3 Å². The van der Waals surface area contributed by atoms with E-state index in [1.165, 1.54) is 0 Å². The Hall–Kier alpha value is -2.35. The van der Waals surface area contributed by atoms with E-state index in [1.54, 1.807) is 24.3 Å². The van der Waals surface area contributed by atoms with Crippen LogP contribution in [0.4, 0.5) is 18.9 Å². The van der Waals surface area contributed by atoms with Crippen molar-refractivity contribution >= 4 is 22.5 Å². The summed E-state index contributed by atoms with van der Waals surface area (Å²) in [6.45, 7) is 5.13. The molecule has 1 aliphatic carbocycles. The standard InChI is InChI=1S/C23H30F3N3O2/c1-22(2,3)17-11-16(28-13-23(24,25)26)10-14-8-9-18(29-20(14)17)21(31)27-12-15-6-4-5-7-19(15)30/h8-11,15,19,28,30H,4-7,12-13H2,1-3H3,(H,27,31). The van der Waals surface area contributed by atoms with Gasteiger partial charge >= 0.3 is 6.18 Å². The predicted octanol–water partition coefficient (Wildman–Crippen LogP) is 4.79. The predicted molar refractivity (Wildman–Crippen MR) is 115 cm³/mol. The number of alkyl halides is 3. The number of benzene rings is 1. The first-order valence-corrected chi connectivity index (χ1v) is 10.7. The van der Waals surface area contributed by atoms with Crippen LogP contribution < -0.4 is 10.6 Å². The van der Waals surface area contributed by atoms with Crippen LogP contribution in [0.3, 0.4) is 0 Å². The van der Waals surface area contributed by atoms with Crippen LogP contribution in [-0.4, -0.2) is 41.4 Å². The quantitative estimate of drug-likeness (QED) is 0.629. The van der Waals surface area contributed by atoms with Gasteiger partial charge in [0.15, 0.2) is 0 Å². The van der Waals surface area contributed by atoms with E-state index in [1.807, 2.05) is 20.8 Å². The fourth-order valence-electron chi connectivity index (χ4n) is 3.98. The highest BCUT2D eigenvalue weighted by Crippen LogP contribution is 2.33. The van der Waals surface area contributed by atoms with Crippen LogP contribution in [0, 0.1) is 5.92 Å². The van der Waals surface area contributed by atoms with Gasteiger partial charge in [0.05, 0.1) is 11.6 Å². The van der Waals surface area contributed by atoms with Crippen molar-refractivity contribution in [2.24, 2.45) is 5.92 Å². The first-order chi connectivity index (χ1) is 14.4. The lowest BCUT2D eigenvalue weighted by Crippen LogP contribution is -2.37. The van der Waals surface area contributed by atoms with Crippen molar-refractivity contribution in [3.63, 3.8) is 0 Å². The van der Waals surface area contributed by atoms with Crippen molar-refractivity contribution in [3.8, 4) is 0 Å². The maximum absolute atomic E-state index is 12.7. The van der Waals surface area contributed by atoms with Crippen LogP contribution in [0.1, 0.15) is 62.5 Å². The van der Waals surface area contributed by atoms with E-state index >= 15 is 0 Å². The largest absolute Gasteiger partial charge is 0.405 e. The van der Waals surface area contributed by atoms with Crippen molar-refractivity contribution in [2.75, 3.05) is 18.4 Å². The molecule has 1 amide bonds. The lowest BCUT2D eigenvalue weighted by Gasteiger charge is -2.27. The Morgan fingerprint density at radius 3 is 2.52 bits per heavy atom. The van der Waals surface area contributed by atoms with Gasteiger partial charge in [-0.15, -0.1) is 0 Å². The number of hydrogen-bond acceptors (Lipinski definition) is 4. The number of pyridine rings is 1. The second-order valence-corrected chi connectivity index (χ2v) is 9.33. The Morgan fingerprint density at radius 1 is 1.16 bits per heavy atom. The first-order valence-electron chi connectivity index (χ1n) is 10.7. The normalized spacial score (nSPS) is 20.0. The Kier molecular flexibility index (Phi) is 6.79. The maximum Gasteiger partial charge on any atom is 0.405 e. The summed E-state index contributed by atoms with van der Waals surface area (Å²) in [4.78, 5) is 17.2. The molecule has 170 valence electrons. The van der Waals surface area contributed by atoms with Gasteiger partial charge in [0.25, 0.3) is 5.91 Å². The van der Waals surface area contributed by atoms with E-state index in [9.17, 15) is 23.1 Å². The van der Waals surface area contributed by atoms with Crippen molar-refractivity contribution in [2.45, 2.75) is 64.1 Å². The van der Waals surface area contributed by atoms with Crippen molar-refractivity contribution in [1.82, 2.24) is 10.3 Å². The fraction of sp³-hybridized carbons (Fsp3) is 0.565. The van der Waals surface area contributed by atoms with Gasteiger partial charge in [-0.05, 0) is 42.0 Å². The van der Waals surface area contributed by atoms with Gasteiger partial charge < -0.3 is 15.7 Å². The molecule has 3 N–H and O–H groups in total. The smallest absolute Gasteiger partial charge is 0.393 e. The number of aliphatic hydroxyl groups is 1. The zero-order valence-corrected chi connectivity index (χ0v) is 18.1. The molecule has 2 atom stereocenters. The number of hydrogen-bond donors (Lipinski definition) is 3. The highest BCUT2D eigenvalue weighted by molar-refractivity contribution is 5.96. The summed E-state index contributed by atoms with van der Waals surface area (Å²) in [6, 6.07) is 6.57. The molecule has 0 bridgehead atoms. The third kappa shape index (κ3) is 6.09. The third-order valence-electron chi connectivity index (χ3n) is 5.72. The lowest BCUT2D eigenvalue weighted by atomic mass is 9.85. The molecular weight excluding hydrogens is 407 g/mol. The molecule has 1 aromatic carbocycles. The summed E-state index contributed by atoms with van der Waals surface area (Å²) >= 11 is 0. The SMILES string of the molecule is CC(C)(C)c1cc(NCC(F)(F)F)cc2ccc(C(=O)NCC3CCCCC3O)nc12. The van der Waals surface area contributed by atoms with Crippen LogP contribution in [0.25, 0.3) is 10.9 Å². The number of carbonyl (C=O) groups is 1. The van der Waals surface area contributed by atoms with E-state index < -0.39 is 18.8 Å². The van der Waals surface area contributed by atoms with Crippen molar-refractivity contribution in [3.05, 3.63) is 35.5 Å². The number of nitrogens with one attached hydrogen (secondary N) is 2. The number of nitrogens with zero attached hydrogens (tertiary/aromatic N) is 1. The number of halogens is 3. The number of aromatic nitrogens is 1. The molecule has 1 fully saturated rings. The molecule has 2 unspecified atom stereocenters. The highest BCUT2D eigenvalue weighted by atomic mass is 19.4. The van der Waals surface area contributed by atoms with Crippen LogP contribution >= 0.6 is 0 Å². The molecule has 0 saturated heterocycles. The molecule has 31 heavy (non-hydrogen) atoms.